The molecular weight excluding hydrogens is 220 g/mol. The predicted molar refractivity (Wildman–Crippen MR) is 64.6 cm³/mol. The number of rotatable bonds is 6. The van der Waals surface area contributed by atoms with E-state index in [2.05, 4.69) is 17.2 Å². The number of carbonyl (C=O) groups excluding carboxylic acids is 1. The summed E-state index contributed by atoms with van der Waals surface area (Å²) in [5.41, 5.74) is 0. The zero-order valence-electron chi connectivity index (χ0n) is 9.95. The molecule has 1 aliphatic carbocycles. The highest BCUT2D eigenvalue weighted by Crippen LogP contribution is 2.24. The second kappa shape index (κ2) is 7.06. The van der Waals surface area contributed by atoms with Crippen LogP contribution in [0.15, 0.2) is 12.7 Å². The highest BCUT2D eigenvalue weighted by molar-refractivity contribution is 5.78. The van der Waals surface area contributed by atoms with E-state index < -0.39 is 5.97 Å². The lowest BCUT2D eigenvalue weighted by Gasteiger charge is -2.27. The van der Waals surface area contributed by atoms with E-state index >= 15 is 0 Å². The van der Waals surface area contributed by atoms with Gasteiger partial charge in [0.15, 0.2) is 0 Å². The van der Waals surface area contributed by atoms with Crippen LogP contribution in [0.1, 0.15) is 25.7 Å². The molecule has 1 amide bonds. The maximum atomic E-state index is 11.3. The van der Waals surface area contributed by atoms with Crippen LogP contribution < -0.4 is 10.6 Å². The Kier molecular flexibility index (Phi) is 5.69. The molecule has 0 aromatic carbocycles. The summed E-state index contributed by atoms with van der Waals surface area (Å²) in [5.74, 6) is -1.08. The van der Waals surface area contributed by atoms with E-state index in [0.29, 0.717) is 13.0 Å². The fraction of sp³-hybridized carbons (Fsp3) is 0.667. The molecule has 2 unspecified atom stereocenters. The van der Waals surface area contributed by atoms with Gasteiger partial charge in [-0.15, -0.1) is 6.58 Å². The van der Waals surface area contributed by atoms with Crippen molar-refractivity contribution in [2.45, 2.75) is 31.7 Å². The van der Waals surface area contributed by atoms with E-state index in [4.69, 9.17) is 5.11 Å². The van der Waals surface area contributed by atoms with Crippen LogP contribution in [-0.4, -0.2) is 36.1 Å². The Bertz CT molecular complexity index is 291. The molecule has 1 fully saturated rings. The lowest BCUT2D eigenvalue weighted by atomic mass is 9.86. The number of carbonyl (C=O) groups is 2. The SMILES string of the molecule is C=CCNC(=O)CNC1CCCC(C(=O)O)C1. The Morgan fingerprint density at radius 1 is 1.41 bits per heavy atom. The standard InChI is InChI=1S/C12H20N2O3/c1-2-6-13-11(15)8-14-10-5-3-4-9(7-10)12(16)17/h2,9-10,14H,1,3-8H2,(H,13,15)(H,16,17). The Morgan fingerprint density at radius 2 is 2.18 bits per heavy atom. The molecule has 3 N–H and O–H groups in total. The first-order chi connectivity index (χ1) is 8.13. The van der Waals surface area contributed by atoms with E-state index in [1.165, 1.54) is 0 Å². The van der Waals surface area contributed by atoms with Crippen molar-refractivity contribution in [3.05, 3.63) is 12.7 Å². The third-order valence-electron chi connectivity index (χ3n) is 3.02. The maximum absolute atomic E-state index is 11.3. The average Bonchev–Trinajstić information content (AvgIpc) is 2.34. The van der Waals surface area contributed by atoms with Crippen molar-refractivity contribution in [1.29, 1.82) is 0 Å². The highest BCUT2D eigenvalue weighted by Gasteiger charge is 2.26. The number of aliphatic carboxylic acids is 1. The van der Waals surface area contributed by atoms with Crippen molar-refractivity contribution in [2.24, 2.45) is 5.92 Å². The van der Waals surface area contributed by atoms with Gasteiger partial charge in [-0.25, -0.2) is 0 Å². The van der Waals surface area contributed by atoms with Gasteiger partial charge in [0.05, 0.1) is 12.5 Å². The third-order valence-corrected chi connectivity index (χ3v) is 3.02. The van der Waals surface area contributed by atoms with E-state index in [1.54, 1.807) is 6.08 Å². The van der Waals surface area contributed by atoms with Crippen molar-refractivity contribution < 1.29 is 14.7 Å². The zero-order chi connectivity index (χ0) is 12.7. The van der Waals surface area contributed by atoms with Crippen LogP contribution in [-0.2, 0) is 9.59 Å². The lowest BCUT2D eigenvalue weighted by molar-refractivity contribution is -0.143. The van der Waals surface area contributed by atoms with Gasteiger partial charge in [-0.2, -0.15) is 0 Å². The molecule has 1 rings (SSSR count). The first-order valence-electron chi connectivity index (χ1n) is 5.97. The summed E-state index contributed by atoms with van der Waals surface area (Å²) in [7, 11) is 0. The molecule has 0 bridgehead atoms. The number of nitrogens with one attached hydrogen (secondary N) is 2. The Balaban J connectivity index is 2.24. The van der Waals surface area contributed by atoms with Crippen molar-refractivity contribution in [1.82, 2.24) is 10.6 Å². The van der Waals surface area contributed by atoms with Gasteiger partial charge < -0.3 is 15.7 Å². The van der Waals surface area contributed by atoms with Crippen LogP contribution >= 0.6 is 0 Å². The smallest absolute Gasteiger partial charge is 0.306 e. The summed E-state index contributed by atoms with van der Waals surface area (Å²) in [5, 5.41) is 14.7. The molecule has 5 heteroatoms. The first-order valence-corrected chi connectivity index (χ1v) is 5.97. The minimum absolute atomic E-state index is 0.0812. The fourth-order valence-corrected chi connectivity index (χ4v) is 2.09. The molecule has 96 valence electrons. The second-order valence-electron chi connectivity index (χ2n) is 4.37. The largest absolute Gasteiger partial charge is 0.481 e. The highest BCUT2D eigenvalue weighted by atomic mass is 16.4. The van der Waals surface area contributed by atoms with Crippen molar-refractivity contribution in [3.8, 4) is 0 Å². The Hall–Kier alpha value is -1.36. The van der Waals surface area contributed by atoms with Gasteiger partial charge >= 0.3 is 5.97 Å². The van der Waals surface area contributed by atoms with Crippen LogP contribution in [0.2, 0.25) is 0 Å². The van der Waals surface area contributed by atoms with E-state index in [-0.39, 0.29) is 24.4 Å². The molecule has 2 atom stereocenters. The van der Waals surface area contributed by atoms with Gasteiger partial charge in [0.2, 0.25) is 5.91 Å². The van der Waals surface area contributed by atoms with E-state index in [0.717, 1.165) is 19.3 Å². The van der Waals surface area contributed by atoms with Crippen LogP contribution in [0.3, 0.4) is 0 Å². The number of hydrogen-bond donors (Lipinski definition) is 3. The van der Waals surface area contributed by atoms with Crippen LogP contribution in [0.5, 0.6) is 0 Å². The molecule has 0 heterocycles. The summed E-state index contributed by atoms with van der Waals surface area (Å²) >= 11 is 0. The first kappa shape index (κ1) is 13.7. The second-order valence-corrected chi connectivity index (χ2v) is 4.37. The van der Waals surface area contributed by atoms with Crippen LogP contribution in [0.4, 0.5) is 0 Å². The molecule has 17 heavy (non-hydrogen) atoms. The third kappa shape index (κ3) is 4.99. The molecular formula is C12H20N2O3. The molecule has 0 radical (unpaired) electrons. The molecule has 1 aliphatic rings. The average molecular weight is 240 g/mol. The summed E-state index contributed by atoms with van der Waals surface area (Å²) in [6, 6.07) is 0.138. The van der Waals surface area contributed by atoms with Crippen molar-refractivity contribution in [2.75, 3.05) is 13.1 Å². The van der Waals surface area contributed by atoms with Crippen LogP contribution in [0, 0.1) is 5.92 Å². The fourth-order valence-electron chi connectivity index (χ4n) is 2.09. The quantitative estimate of drug-likeness (QED) is 0.591. The molecule has 5 nitrogen and oxygen atoms in total. The van der Waals surface area contributed by atoms with Gasteiger partial charge in [0.25, 0.3) is 0 Å². The number of amides is 1. The van der Waals surface area contributed by atoms with Gasteiger partial charge in [-0.3, -0.25) is 9.59 Å². The number of hydrogen-bond acceptors (Lipinski definition) is 3. The van der Waals surface area contributed by atoms with Gasteiger partial charge in [-0.1, -0.05) is 12.5 Å². The Morgan fingerprint density at radius 3 is 2.82 bits per heavy atom. The van der Waals surface area contributed by atoms with Crippen molar-refractivity contribution in [3.63, 3.8) is 0 Å². The summed E-state index contributed by atoms with van der Waals surface area (Å²) in [4.78, 5) is 22.2. The van der Waals surface area contributed by atoms with Crippen molar-refractivity contribution >= 4 is 11.9 Å². The Labute approximate surface area is 101 Å². The van der Waals surface area contributed by atoms with E-state index in [1.807, 2.05) is 0 Å². The zero-order valence-corrected chi connectivity index (χ0v) is 9.95. The topological polar surface area (TPSA) is 78.4 Å². The maximum Gasteiger partial charge on any atom is 0.306 e. The van der Waals surface area contributed by atoms with Crippen LogP contribution in [0.25, 0.3) is 0 Å². The lowest BCUT2D eigenvalue weighted by Crippen LogP contribution is -2.42. The van der Waals surface area contributed by atoms with Gasteiger partial charge in [-0.05, 0) is 19.3 Å². The molecule has 0 aliphatic heterocycles. The predicted octanol–water partition coefficient (Wildman–Crippen LogP) is 0.522. The molecule has 0 aromatic heterocycles. The number of carboxylic acids is 1. The summed E-state index contributed by atoms with van der Waals surface area (Å²) in [6.45, 7) is 4.21. The molecule has 0 aromatic rings. The normalized spacial score (nSPS) is 24.0. The minimum atomic E-state index is -0.729. The molecule has 1 saturated carbocycles. The number of carboxylic acid groups (broad SMARTS) is 1. The monoisotopic (exact) mass is 240 g/mol. The van der Waals surface area contributed by atoms with Gasteiger partial charge in [0, 0.05) is 12.6 Å². The van der Waals surface area contributed by atoms with Gasteiger partial charge in [0.1, 0.15) is 0 Å². The molecule has 0 spiro atoms. The molecule has 0 saturated heterocycles. The van der Waals surface area contributed by atoms with E-state index in [9.17, 15) is 9.59 Å². The summed E-state index contributed by atoms with van der Waals surface area (Å²) < 4.78 is 0. The summed E-state index contributed by atoms with van der Waals surface area (Å²) in [6.07, 6.45) is 4.83. The minimum Gasteiger partial charge on any atom is -0.481 e.